The Hall–Kier alpha value is -2.14. The molecule has 0 atom stereocenters. The summed E-state index contributed by atoms with van der Waals surface area (Å²) < 4.78 is 41.0. The molecule has 0 aliphatic carbocycles. The lowest BCUT2D eigenvalue weighted by Gasteiger charge is -2.17. The summed E-state index contributed by atoms with van der Waals surface area (Å²) in [5.41, 5.74) is 2.69. The lowest BCUT2D eigenvalue weighted by atomic mass is 10.1. The van der Waals surface area contributed by atoms with Crippen LogP contribution in [0.4, 0.5) is 8.78 Å². The summed E-state index contributed by atoms with van der Waals surface area (Å²) in [5, 5.41) is 6.31. The molecule has 9 heteroatoms. The number of hydrogen-bond acceptors (Lipinski definition) is 4. The third-order valence-electron chi connectivity index (χ3n) is 4.11. The molecule has 0 heterocycles. The van der Waals surface area contributed by atoms with Gasteiger partial charge in [-0.05, 0) is 31.0 Å². The van der Waals surface area contributed by atoms with E-state index in [9.17, 15) is 8.78 Å². The van der Waals surface area contributed by atoms with E-state index in [4.69, 9.17) is 14.2 Å². The Kier molecular flexibility index (Phi) is 12.8. The normalized spacial score (nSPS) is 11.1. The van der Waals surface area contributed by atoms with Crippen molar-refractivity contribution in [3.63, 3.8) is 0 Å². The number of para-hydroxylation sites is 1. The highest BCUT2D eigenvalue weighted by Gasteiger charge is 2.16. The van der Waals surface area contributed by atoms with E-state index in [1.165, 1.54) is 0 Å². The molecule has 172 valence electrons. The van der Waals surface area contributed by atoms with Crippen LogP contribution < -0.4 is 20.1 Å². The van der Waals surface area contributed by atoms with Crippen LogP contribution in [0.15, 0.2) is 47.5 Å². The molecule has 0 aliphatic heterocycles. The molecule has 0 fully saturated rings. The second-order valence-electron chi connectivity index (χ2n) is 6.35. The van der Waals surface area contributed by atoms with E-state index >= 15 is 0 Å². The van der Waals surface area contributed by atoms with E-state index in [0.29, 0.717) is 37.8 Å². The number of methoxy groups -OCH3 is 1. The molecule has 2 aromatic carbocycles. The predicted octanol–water partition coefficient (Wildman–Crippen LogP) is 4.71. The average Bonchev–Trinajstić information content (AvgIpc) is 2.73. The number of hydrogen-bond donors (Lipinski definition) is 2. The number of aliphatic imine (C=N–C) groups is 1. The van der Waals surface area contributed by atoms with Gasteiger partial charge in [-0.15, -0.1) is 24.0 Å². The second kappa shape index (κ2) is 14.8. The Morgan fingerprint density at radius 3 is 2.35 bits per heavy atom. The molecule has 0 unspecified atom stereocenters. The molecule has 2 rings (SSSR count). The fraction of sp³-hybridized carbons (Fsp3) is 0.409. The van der Waals surface area contributed by atoms with Crippen molar-refractivity contribution in [2.24, 2.45) is 4.99 Å². The molecule has 31 heavy (non-hydrogen) atoms. The van der Waals surface area contributed by atoms with Gasteiger partial charge in [0.1, 0.15) is 0 Å². The summed E-state index contributed by atoms with van der Waals surface area (Å²) in [5.74, 6) is 0.893. The number of nitrogens with zero attached hydrogens (tertiary/aromatic N) is 1. The number of nitrogens with one attached hydrogen (secondary N) is 2. The number of benzene rings is 2. The lowest BCUT2D eigenvalue weighted by Crippen LogP contribution is -2.36. The lowest BCUT2D eigenvalue weighted by molar-refractivity contribution is -0.0520. The van der Waals surface area contributed by atoms with Crippen LogP contribution in [0, 0.1) is 0 Å². The molecular weight excluding hydrogens is 519 g/mol. The van der Waals surface area contributed by atoms with Crippen molar-refractivity contribution in [2.45, 2.75) is 40.2 Å². The monoisotopic (exact) mass is 549 g/mol. The van der Waals surface area contributed by atoms with Crippen molar-refractivity contribution in [1.82, 2.24) is 10.6 Å². The molecule has 2 N–H and O–H groups in total. The maximum absolute atomic E-state index is 12.9. The van der Waals surface area contributed by atoms with E-state index in [-0.39, 0.29) is 42.0 Å². The molecule has 0 radical (unpaired) electrons. The summed E-state index contributed by atoms with van der Waals surface area (Å²) >= 11 is 0. The highest BCUT2D eigenvalue weighted by atomic mass is 127. The number of alkyl halides is 2. The fourth-order valence-corrected chi connectivity index (χ4v) is 2.79. The predicted molar refractivity (Wildman–Crippen MR) is 128 cm³/mol. The number of ether oxygens (including phenoxy) is 3. The van der Waals surface area contributed by atoms with Gasteiger partial charge in [0, 0.05) is 25.8 Å². The van der Waals surface area contributed by atoms with E-state index in [0.717, 1.165) is 11.1 Å². The molecule has 2 aromatic rings. The van der Waals surface area contributed by atoms with Gasteiger partial charge >= 0.3 is 6.61 Å². The van der Waals surface area contributed by atoms with Crippen LogP contribution in [0.25, 0.3) is 0 Å². The van der Waals surface area contributed by atoms with Crippen molar-refractivity contribution in [3.8, 4) is 11.5 Å². The van der Waals surface area contributed by atoms with Gasteiger partial charge in [0.05, 0.1) is 19.8 Å². The van der Waals surface area contributed by atoms with Gasteiger partial charge in [-0.2, -0.15) is 8.78 Å². The largest absolute Gasteiger partial charge is 0.490 e. The quantitative estimate of drug-likeness (QED) is 0.242. The fourth-order valence-electron chi connectivity index (χ4n) is 2.79. The second-order valence-corrected chi connectivity index (χ2v) is 6.35. The molecule has 0 spiro atoms. The van der Waals surface area contributed by atoms with Crippen LogP contribution in [0.1, 0.15) is 30.5 Å². The summed E-state index contributed by atoms with van der Waals surface area (Å²) in [7, 11) is 1.66. The maximum atomic E-state index is 12.9. The van der Waals surface area contributed by atoms with Crippen molar-refractivity contribution in [3.05, 3.63) is 59.2 Å². The summed E-state index contributed by atoms with van der Waals surface area (Å²) in [6, 6.07) is 13.1. The van der Waals surface area contributed by atoms with Crippen LogP contribution in [0.3, 0.4) is 0 Å². The summed E-state index contributed by atoms with van der Waals surface area (Å²) in [6.07, 6.45) is 0. The van der Waals surface area contributed by atoms with Gasteiger partial charge in [0.15, 0.2) is 17.5 Å². The minimum atomic E-state index is -2.94. The Bertz CT molecular complexity index is 805. The Labute approximate surface area is 199 Å². The molecule has 0 saturated heterocycles. The standard InChI is InChI=1S/C22H29F2N3O3.HI/c1-4-25-22(26-13-16-9-11-17(12-10-16)15-28-3)27-14-18-7-6-8-19(29-5-2)20(18)30-21(23)24;/h6-12,21H,4-5,13-15H2,1-3H3,(H2,25,26,27);1H. The Morgan fingerprint density at radius 2 is 1.74 bits per heavy atom. The van der Waals surface area contributed by atoms with Crippen LogP contribution >= 0.6 is 24.0 Å². The Balaban J connectivity index is 0.00000480. The molecule has 0 amide bonds. The molecule has 6 nitrogen and oxygen atoms in total. The topological polar surface area (TPSA) is 64.1 Å². The average molecular weight is 549 g/mol. The summed E-state index contributed by atoms with van der Waals surface area (Å²) in [4.78, 5) is 4.57. The molecule has 0 aliphatic rings. The molecule has 0 saturated carbocycles. The first-order valence-electron chi connectivity index (χ1n) is 9.85. The van der Waals surface area contributed by atoms with E-state index in [2.05, 4.69) is 15.6 Å². The third-order valence-corrected chi connectivity index (χ3v) is 4.11. The zero-order chi connectivity index (χ0) is 21.8. The number of guanidine groups is 1. The maximum Gasteiger partial charge on any atom is 0.387 e. The van der Waals surface area contributed by atoms with E-state index in [1.807, 2.05) is 31.2 Å². The first-order valence-corrected chi connectivity index (χ1v) is 9.85. The smallest absolute Gasteiger partial charge is 0.387 e. The molecule has 0 aromatic heterocycles. The van der Waals surface area contributed by atoms with Gasteiger partial charge in [-0.25, -0.2) is 4.99 Å². The third kappa shape index (κ3) is 9.26. The van der Waals surface area contributed by atoms with Gasteiger partial charge < -0.3 is 24.8 Å². The highest BCUT2D eigenvalue weighted by molar-refractivity contribution is 14.0. The minimum absolute atomic E-state index is 0. The minimum Gasteiger partial charge on any atom is -0.490 e. The Morgan fingerprint density at radius 1 is 1.03 bits per heavy atom. The SMILES string of the molecule is CCNC(=NCc1ccc(COC)cc1)NCc1cccc(OCC)c1OC(F)F.I. The number of halogens is 3. The van der Waals surface area contributed by atoms with E-state index in [1.54, 1.807) is 32.2 Å². The molecule has 0 bridgehead atoms. The number of rotatable bonds is 11. The molecular formula is C22H30F2IN3O3. The van der Waals surface area contributed by atoms with Crippen molar-refractivity contribution in [2.75, 3.05) is 20.3 Å². The van der Waals surface area contributed by atoms with Crippen LogP contribution in [-0.4, -0.2) is 32.8 Å². The first kappa shape index (κ1) is 26.9. The summed E-state index contributed by atoms with van der Waals surface area (Å²) in [6.45, 7) is 3.11. The van der Waals surface area contributed by atoms with E-state index < -0.39 is 6.61 Å². The van der Waals surface area contributed by atoms with Crippen molar-refractivity contribution < 1.29 is 23.0 Å². The van der Waals surface area contributed by atoms with Crippen molar-refractivity contribution in [1.29, 1.82) is 0 Å². The van der Waals surface area contributed by atoms with Crippen LogP contribution in [0.2, 0.25) is 0 Å². The van der Waals surface area contributed by atoms with Crippen LogP contribution in [-0.2, 0) is 24.4 Å². The zero-order valence-corrected chi connectivity index (χ0v) is 20.3. The van der Waals surface area contributed by atoms with Gasteiger partial charge in [0.25, 0.3) is 0 Å². The highest BCUT2D eigenvalue weighted by Crippen LogP contribution is 2.32. The van der Waals surface area contributed by atoms with Gasteiger partial charge in [0.2, 0.25) is 0 Å². The van der Waals surface area contributed by atoms with Crippen molar-refractivity contribution >= 4 is 29.9 Å². The van der Waals surface area contributed by atoms with Gasteiger partial charge in [-0.3, -0.25) is 0 Å². The zero-order valence-electron chi connectivity index (χ0n) is 18.0. The van der Waals surface area contributed by atoms with Gasteiger partial charge in [-0.1, -0.05) is 36.4 Å². The van der Waals surface area contributed by atoms with Crippen LogP contribution in [0.5, 0.6) is 11.5 Å². The first-order chi connectivity index (χ1) is 14.6.